The van der Waals surface area contributed by atoms with Gasteiger partial charge in [-0.05, 0) is 52.8 Å². The molecule has 16 heavy (non-hydrogen) atoms. The van der Waals surface area contributed by atoms with E-state index in [9.17, 15) is 4.79 Å². The Morgan fingerprint density at radius 3 is 2.50 bits per heavy atom. The number of hydrogen-bond donors (Lipinski definition) is 2. The Kier molecular flexibility index (Phi) is 5.21. The predicted octanol–water partition coefficient (Wildman–Crippen LogP) is 2.60. The molecule has 0 aliphatic rings. The summed E-state index contributed by atoms with van der Waals surface area (Å²) in [4.78, 5) is 11.8. The number of rotatable bonds is 4. The van der Waals surface area contributed by atoms with E-state index < -0.39 is 6.04 Å². The van der Waals surface area contributed by atoms with E-state index in [-0.39, 0.29) is 11.8 Å². The summed E-state index contributed by atoms with van der Waals surface area (Å²) in [7, 11) is 0. The lowest BCUT2D eigenvalue weighted by Gasteiger charge is -2.17. The molecule has 0 aromatic heterocycles. The lowest BCUT2D eigenvalue weighted by Crippen LogP contribution is -2.40. The second kappa shape index (κ2) is 6.20. The van der Waals surface area contributed by atoms with E-state index in [1.807, 2.05) is 38.1 Å². The third kappa shape index (κ3) is 3.75. The van der Waals surface area contributed by atoms with Crippen molar-refractivity contribution in [1.29, 1.82) is 0 Å². The fraction of sp³-hybridized carbons (Fsp3) is 0.417. The highest BCUT2D eigenvalue weighted by Crippen LogP contribution is 2.13. The summed E-state index contributed by atoms with van der Waals surface area (Å²) in [5, 5.41) is 2.82. The fourth-order valence-electron chi connectivity index (χ4n) is 1.27. The molecule has 0 fully saturated rings. The van der Waals surface area contributed by atoms with Gasteiger partial charge in [0.15, 0.2) is 0 Å². The van der Waals surface area contributed by atoms with Crippen LogP contribution in [0.2, 0.25) is 0 Å². The smallest absolute Gasteiger partial charge is 0.241 e. The van der Waals surface area contributed by atoms with Crippen LogP contribution in [-0.2, 0) is 4.79 Å². The summed E-state index contributed by atoms with van der Waals surface area (Å²) < 4.78 is 1.14. The maximum atomic E-state index is 11.8. The highest BCUT2D eigenvalue weighted by atomic mass is 127. The van der Waals surface area contributed by atoms with Gasteiger partial charge in [0.2, 0.25) is 5.91 Å². The molecular weight excluding hydrogens is 315 g/mol. The van der Waals surface area contributed by atoms with Crippen LogP contribution < -0.4 is 11.1 Å². The van der Waals surface area contributed by atoms with E-state index >= 15 is 0 Å². The van der Waals surface area contributed by atoms with E-state index in [2.05, 4.69) is 27.9 Å². The van der Waals surface area contributed by atoms with Crippen LogP contribution in [0.3, 0.4) is 0 Å². The van der Waals surface area contributed by atoms with E-state index in [1.165, 1.54) is 0 Å². The van der Waals surface area contributed by atoms with Crippen LogP contribution in [0.5, 0.6) is 0 Å². The first-order chi connectivity index (χ1) is 7.54. The van der Waals surface area contributed by atoms with Crippen molar-refractivity contribution in [2.24, 2.45) is 11.7 Å². The Morgan fingerprint density at radius 1 is 1.44 bits per heavy atom. The summed E-state index contributed by atoms with van der Waals surface area (Å²) in [5.41, 5.74) is 6.63. The summed E-state index contributed by atoms with van der Waals surface area (Å²) in [6.45, 7) is 4.01. The molecule has 0 unspecified atom stereocenters. The first kappa shape index (κ1) is 13.4. The molecule has 0 spiro atoms. The molecule has 0 saturated carbocycles. The molecular formula is C12H17IN2O. The maximum Gasteiger partial charge on any atom is 0.241 e. The zero-order valence-corrected chi connectivity index (χ0v) is 11.7. The van der Waals surface area contributed by atoms with Crippen molar-refractivity contribution >= 4 is 34.2 Å². The highest BCUT2D eigenvalue weighted by molar-refractivity contribution is 14.1. The molecule has 88 valence electrons. The second-order valence-electron chi connectivity index (χ2n) is 3.91. The molecule has 0 aliphatic carbocycles. The van der Waals surface area contributed by atoms with Crippen molar-refractivity contribution in [2.75, 3.05) is 5.32 Å². The van der Waals surface area contributed by atoms with Gasteiger partial charge < -0.3 is 11.1 Å². The van der Waals surface area contributed by atoms with Gasteiger partial charge in [0.1, 0.15) is 0 Å². The molecule has 1 aromatic rings. The van der Waals surface area contributed by atoms with Gasteiger partial charge in [-0.15, -0.1) is 0 Å². The zero-order valence-electron chi connectivity index (χ0n) is 9.53. The molecule has 3 nitrogen and oxygen atoms in total. The number of anilines is 1. The van der Waals surface area contributed by atoms with Gasteiger partial charge in [-0.25, -0.2) is 0 Å². The molecule has 0 saturated heterocycles. The van der Waals surface area contributed by atoms with Crippen LogP contribution in [0.4, 0.5) is 5.69 Å². The number of benzene rings is 1. The number of halogens is 1. The molecule has 4 heteroatoms. The van der Waals surface area contributed by atoms with Crippen molar-refractivity contribution in [3.05, 3.63) is 27.8 Å². The summed E-state index contributed by atoms with van der Waals surface area (Å²) in [6.07, 6.45) is 0.904. The quantitative estimate of drug-likeness (QED) is 0.833. The van der Waals surface area contributed by atoms with E-state index in [1.54, 1.807) is 0 Å². The summed E-state index contributed by atoms with van der Waals surface area (Å²) in [5.74, 6) is 0.0828. The average molecular weight is 332 g/mol. The van der Waals surface area contributed by atoms with Crippen LogP contribution in [0.15, 0.2) is 24.3 Å². The Labute approximate surface area is 110 Å². The average Bonchev–Trinajstić information content (AvgIpc) is 2.30. The summed E-state index contributed by atoms with van der Waals surface area (Å²) in [6, 6.07) is 7.21. The van der Waals surface area contributed by atoms with E-state index in [0.29, 0.717) is 0 Å². The molecule has 1 aromatic carbocycles. The van der Waals surface area contributed by atoms with Gasteiger partial charge in [0.25, 0.3) is 0 Å². The lowest BCUT2D eigenvalue weighted by atomic mass is 9.99. The number of carbonyl (C=O) groups is 1. The topological polar surface area (TPSA) is 55.1 Å². The minimum absolute atomic E-state index is 0.115. The van der Waals surface area contributed by atoms with Gasteiger partial charge in [-0.2, -0.15) is 0 Å². The maximum absolute atomic E-state index is 11.8. The largest absolute Gasteiger partial charge is 0.325 e. The normalized spacial score (nSPS) is 14.2. The number of amides is 1. The fourth-order valence-corrected chi connectivity index (χ4v) is 1.63. The van der Waals surface area contributed by atoms with Gasteiger partial charge in [0, 0.05) is 9.26 Å². The minimum Gasteiger partial charge on any atom is -0.325 e. The van der Waals surface area contributed by atoms with Crippen LogP contribution in [-0.4, -0.2) is 11.9 Å². The number of nitrogens with one attached hydrogen (secondary N) is 1. The van der Waals surface area contributed by atoms with E-state index in [4.69, 9.17) is 5.73 Å². The van der Waals surface area contributed by atoms with Crippen molar-refractivity contribution in [3.63, 3.8) is 0 Å². The van der Waals surface area contributed by atoms with Crippen molar-refractivity contribution in [3.8, 4) is 0 Å². The molecule has 0 radical (unpaired) electrons. The van der Waals surface area contributed by atoms with Crippen molar-refractivity contribution in [2.45, 2.75) is 26.3 Å². The zero-order chi connectivity index (χ0) is 12.1. The molecule has 1 rings (SSSR count). The van der Waals surface area contributed by atoms with Crippen molar-refractivity contribution in [1.82, 2.24) is 0 Å². The standard InChI is InChI=1S/C12H17IN2O/c1-3-8(2)11(14)12(16)15-10-6-4-9(13)5-7-10/h4-8,11H,3,14H2,1-2H3,(H,15,16)/t8-,11-/m0/s1. The number of carbonyl (C=O) groups excluding carboxylic acids is 1. The third-order valence-corrected chi connectivity index (χ3v) is 3.39. The highest BCUT2D eigenvalue weighted by Gasteiger charge is 2.19. The third-order valence-electron chi connectivity index (χ3n) is 2.67. The first-order valence-electron chi connectivity index (χ1n) is 5.36. The lowest BCUT2D eigenvalue weighted by molar-refractivity contribution is -0.118. The minimum atomic E-state index is -0.440. The van der Waals surface area contributed by atoms with Gasteiger partial charge >= 0.3 is 0 Å². The molecule has 2 atom stereocenters. The van der Waals surface area contributed by atoms with Gasteiger partial charge in [-0.1, -0.05) is 20.3 Å². The molecule has 1 amide bonds. The van der Waals surface area contributed by atoms with Crippen LogP contribution >= 0.6 is 22.6 Å². The Bertz CT molecular complexity index is 351. The summed E-state index contributed by atoms with van der Waals surface area (Å²) >= 11 is 2.22. The molecule has 0 heterocycles. The van der Waals surface area contributed by atoms with Crippen LogP contribution in [0.25, 0.3) is 0 Å². The molecule has 3 N–H and O–H groups in total. The van der Waals surface area contributed by atoms with Crippen LogP contribution in [0.1, 0.15) is 20.3 Å². The number of nitrogens with two attached hydrogens (primary N) is 1. The SMILES string of the molecule is CC[C@H](C)[C@H](N)C(=O)Nc1ccc(I)cc1. The molecule has 0 aliphatic heterocycles. The van der Waals surface area contributed by atoms with Crippen molar-refractivity contribution < 1.29 is 4.79 Å². The van der Waals surface area contributed by atoms with Gasteiger partial charge in [-0.3, -0.25) is 4.79 Å². The van der Waals surface area contributed by atoms with Gasteiger partial charge in [0.05, 0.1) is 6.04 Å². The van der Waals surface area contributed by atoms with E-state index in [0.717, 1.165) is 15.7 Å². The number of hydrogen-bond acceptors (Lipinski definition) is 2. The Balaban J connectivity index is 2.60. The monoisotopic (exact) mass is 332 g/mol. The molecule has 0 bridgehead atoms. The Morgan fingerprint density at radius 2 is 2.00 bits per heavy atom. The first-order valence-corrected chi connectivity index (χ1v) is 6.44. The Hall–Kier alpha value is -0.620. The second-order valence-corrected chi connectivity index (χ2v) is 5.15. The van der Waals surface area contributed by atoms with Crippen LogP contribution in [0, 0.1) is 9.49 Å². The predicted molar refractivity (Wildman–Crippen MR) is 75.2 cm³/mol.